The Kier molecular flexibility index (Phi) is 3.89. The summed E-state index contributed by atoms with van der Waals surface area (Å²) in [5.74, 6) is 0.320. The van der Waals surface area contributed by atoms with E-state index in [9.17, 15) is 4.79 Å². The van der Waals surface area contributed by atoms with Gasteiger partial charge in [-0.3, -0.25) is 9.48 Å². The lowest BCUT2D eigenvalue weighted by atomic mass is 10.0. The van der Waals surface area contributed by atoms with Crippen molar-refractivity contribution in [2.45, 2.75) is 32.7 Å². The van der Waals surface area contributed by atoms with Crippen LogP contribution >= 0.6 is 0 Å². The van der Waals surface area contributed by atoms with Crippen molar-refractivity contribution < 1.29 is 4.79 Å². The van der Waals surface area contributed by atoms with Gasteiger partial charge in [0.15, 0.2) is 5.82 Å². The summed E-state index contributed by atoms with van der Waals surface area (Å²) in [4.78, 5) is 11.2. The van der Waals surface area contributed by atoms with Gasteiger partial charge in [0.05, 0.1) is 17.5 Å². The smallest absolute Gasteiger partial charge is 0.251 e. The minimum absolute atomic E-state index is 0.0721. The highest BCUT2D eigenvalue weighted by molar-refractivity contribution is 5.92. The number of aryl methyl sites for hydroxylation is 2. The van der Waals surface area contributed by atoms with Crippen molar-refractivity contribution in [2.24, 2.45) is 18.5 Å². The maximum atomic E-state index is 11.2. The summed E-state index contributed by atoms with van der Waals surface area (Å²) in [7, 11) is 1.84. The topological polar surface area (TPSA) is 105 Å². The van der Waals surface area contributed by atoms with Gasteiger partial charge in [0, 0.05) is 24.8 Å². The zero-order chi connectivity index (χ0) is 14.9. The van der Waals surface area contributed by atoms with Gasteiger partial charge in [-0.05, 0) is 19.8 Å². The quantitative estimate of drug-likeness (QED) is 0.819. The molecule has 20 heavy (non-hydrogen) atoms. The Bertz CT molecular complexity index is 627. The lowest BCUT2D eigenvalue weighted by Crippen LogP contribution is -2.22. The second-order valence-electron chi connectivity index (χ2n) is 4.92. The molecule has 108 valence electrons. The fourth-order valence-corrected chi connectivity index (χ4v) is 2.19. The summed E-state index contributed by atoms with van der Waals surface area (Å²) in [5.41, 5.74) is 13.6. The molecule has 0 spiro atoms. The Morgan fingerprint density at radius 1 is 1.50 bits per heavy atom. The van der Waals surface area contributed by atoms with Crippen molar-refractivity contribution >= 4 is 5.91 Å². The fraction of sp³-hybridized carbons (Fsp3) is 0.462. The van der Waals surface area contributed by atoms with Gasteiger partial charge < -0.3 is 11.5 Å². The molecule has 2 rings (SSSR count). The number of rotatable bonds is 5. The molecule has 7 nitrogen and oxygen atoms in total. The van der Waals surface area contributed by atoms with E-state index in [1.165, 1.54) is 6.20 Å². The summed E-state index contributed by atoms with van der Waals surface area (Å²) in [6.07, 6.45) is 4.67. The number of hydrogen-bond donors (Lipinski definition) is 2. The SMILES string of the molecule is CCC(N)Cc1c(C)nn(C)c1-n1cc(C(N)=O)cn1. The van der Waals surface area contributed by atoms with Crippen LogP contribution in [0, 0.1) is 6.92 Å². The van der Waals surface area contributed by atoms with E-state index in [2.05, 4.69) is 17.1 Å². The molecule has 1 amide bonds. The van der Waals surface area contributed by atoms with Crippen LogP contribution in [0.4, 0.5) is 0 Å². The molecular formula is C13H20N6O. The van der Waals surface area contributed by atoms with Crippen LogP contribution in [-0.2, 0) is 13.5 Å². The first-order valence-corrected chi connectivity index (χ1v) is 6.57. The predicted octanol–water partition coefficient (Wildman–Crippen LogP) is 0.293. The second kappa shape index (κ2) is 5.46. The Hall–Kier alpha value is -2.15. The lowest BCUT2D eigenvalue weighted by Gasteiger charge is -2.11. The normalized spacial score (nSPS) is 12.6. The van der Waals surface area contributed by atoms with E-state index < -0.39 is 5.91 Å². The van der Waals surface area contributed by atoms with Crippen molar-refractivity contribution in [2.75, 3.05) is 0 Å². The van der Waals surface area contributed by atoms with Crippen LogP contribution in [-0.4, -0.2) is 31.5 Å². The fourth-order valence-electron chi connectivity index (χ4n) is 2.19. The average Bonchev–Trinajstić information content (AvgIpc) is 2.95. The van der Waals surface area contributed by atoms with Crippen molar-refractivity contribution in [1.82, 2.24) is 19.6 Å². The Morgan fingerprint density at radius 3 is 2.75 bits per heavy atom. The molecule has 2 heterocycles. The van der Waals surface area contributed by atoms with Gasteiger partial charge in [0.1, 0.15) is 0 Å². The zero-order valence-corrected chi connectivity index (χ0v) is 12.0. The lowest BCUT2D eigenvalue weighted by molar-refractivity contribution is 0.100. The minimum Gasteiger partial charge on any atom is -0.366 e. The van der Waals surface area contributed by atoms with Crippen LogP contribution in [0.5, 0.6) is 0 Å². The first-order chi connectivity index (χ1) is 9.43. The van der Waals surface area contributed by atoms with E-state index in [0.717, 1.165) is 29.9 Å². The third-order valence-electron chi connectivity index (χ3n) is 3.39. The second-order valence-corrected chi connectivity index (χ2v) is 4.92. The highest BCUT2D eigenvalue weighted by Gasteiger charge is 2.18. The van der Waals surface area contributed by atoms with Gasteiger partial charge in [-0.2, -0.15) is 10.2 Å². The molecule has 2 aromatic heterocycles. The number of nitrogens with two attached hydrogens (primary N) is 2. The molecule has 1 unspecified atom stereocenters. The summed E-state index contributed by atoms with van der Waals surface area (Å²) < 4.78 is 3.36. The Balaban J connectivity index is 2.46. The van der Waals surface area contributed by atoms with Gasteiger partial charge >= 0.3 is 0 Å². The van der Waals surface area contributed by atoms with Crippen LogP contribution in [0.15, 0.2) is 12.4 Å². The standard InChI is InChI=1S/C13H20N6O/c1-4-10(14)5-11-8(2)17-18(3)13(11)19-7-9(6-16-19)12(15)20/h6-7,10H,4-5,14H2,1-3H3,(H2,15,20). The number of primary amides is 1. The third kappa shape index (κ3) is 2.57. The van der Waals surface area contributed by atoms with Crippen molar-refractivity contribution in [3.63, 3.8) is 0 Å². The number of hydrogen-bond acceptors (Lipinski definition) is 4. The number of carbonyl (C=O) groups excluding carboxylic acids is 1. The van der Waals surface area contributed by atoms with Crippen molar-refractivity contribution in [1.29, 1.82) is 0 Å². The third-order valence-corrected chi connectivity index (χ3v) is 3.39. The highest BCUT2D eigenvalue weighted by atomic mass is 16.1. The summed E-state index contributed by atoms with van der Waals surface area (Å²) in [6.45, 7) is 3.99. The predicted molar refractivity (Wildman–Crippen MR) is 75.6 cm³/mol. The molecule has 0 saturated carbocycles. The maximum absolute atomic E-state index is 11.2. The van der Waals surface area contributed by atoms with Crippen molar-refractivity contribution in [3.8, 4) is 5.82 Å². The summed E-state index contributed by atoms with van der Waals surface area (Å²) in [5, 5.41) is 8.60. The van der Waals surface area contributed by atoms with Crippen molar-refractivity contribution in [3.05, 3.63) is 29.2 Å². The monoisotopic (exact) mass is 276 g/mol. The molecule has 0 fully saturated rings. The van der Waals surface area contributed by atoms with E-state index in [-0.39, 0.29) is 6.04 Å². The maximum Gasteiger partial charge on any atom is 0.251 e. The van der Waals surface area contributed by atoms with Crippen LogP contribution in [0.2, 0.25) is 0 Å². The van der Waals surface area contributed by atoms with Gasteiger partial charge in [-0.15, -0.1) is 0 Å². The molecule has 0 aliphatic carbocycles. The number of nitrogens with zero attached hydrogens (tertiary/aromatic N) is 4. The Labute approximate surface area is 117 Å². The molecule has 0 aromatic carbocycles. The van der Waals surface area contributed by atoms with Crippen LogP contribution in [0.3, 0.4) is 0 Å². The first-order valence-electron chi connectivity index (χ1n) is 6.57. The van der Waals surface area contributed by atoms with E-state index >= 15 is 0 Å². The molecule has 0 aliphatic rings. The number of aromatic nitrogens is 4. The molecule has 0 saturated heterocycles. The van der Waals surface area contributed by atoms with E-state index in [1.54, 1.807) is 15.6 Å². The molecular weight excluding hydrogens is 256 g/mol. The molecule has 7 heteroatoms. The van der Waals surface area contributed by atoms with E-state index in [1.807, 2.05) is 14.0 Å². The Morgan fingerprint density at radius 2 is 2.20 bits per heavy atom. The van der Waals surface area contributed by atoms with Crippen LogP contribution in [0.1, 0.15) is 35.0 Å². The summed E-state index contributed by atoms with van der Waals surface area (Å²) >= 11 is 0. The zero-order valence-electron chi connectivity index (χ0n) is 12.0. The van der Waals surface area contributed by atoms with Gasteiger partial charge in [0.2, 0.25) is 0 Å². The molecule has 0 bridgehead atoms. The minimum atomic E-state index is -0.498. The van der Waals surface area contributed by atoms with E-state index in [0.29, 0.717) is 5.56 Å². The van der Waals surface area contributed by atoms with E-state index in [4.69, 9.17) is 11.5 Å². The average molecular weight is 276 g/mol. The molecule has 0 aliphatic heterocycles. The molecule has 0 radical (unpaired) electrons. The highest BCUT2D eigenvalue weighted by Crippen LogP contribution is 2.19. The number of amides is 1. The van der Waals surface area contributed by atoms with Gasteiger partial charge in [-0.1, -0.05) is 6.92 Å². The first kappa shape index (κ1) is 14.3. The van der Waals surface area contributed by atoms with Gasteiger partial charge in [-0.25, -0.2) is 4.68 Å². The molecule has 1 atom stereocenters. The molecule has 4 N–H and O–H groups in total. The molecule has 2 aromatic rings. The summed E-state index contributed by atoms with van der Waals surface area (Å²) in [6, 6.07) is 0.0721. The van der Waals surface area contributed by atoms with Gasteiger partial charge in [0.25, 0.3) is 5.91 Å². The largest absolute Gasteiger partial charge is 0.366 e. The van der Waals surface area contributed by atoms with Crippen LogP contribution < -0.4 is 11.5 Å². The number of carbonyl (C=O) groups is 1. The van der Waals surface area contributed by atoms with Crippen LogP contribution in [0.25, 0.3) is 5.82 Å².